The molecule has 146 valence electrons. The van der Waals surface area contributed by atoms with Gasteiger partial charge in [0.05, 0.1) is 17.9 Å². The Morgan fingerprint density at radius 3 is 2.40 bits per heavy atom. The number of carbonyl (C=O) groups excluding carboxylic acids is 1. The fraction of sp³-hybridized carbons (Fsp3) is 0.0741. The summed E-state index contributed by atoms with van der Waals surface area (Å²) in [6.45, 7) is 2.54. The van der Waals surface area contributed by atoms with Crippen molar-refractivity contribution in [1.82, 2.24) is 0 Å². The summed E-state index contributed by atoms with van der Waals surface area (Å²) in [5.41, 5.74) is 4.30. The van der Waals surface area contributed by atoms with Gasteiger partial charge < -0.3 is 4.74 Å². The van der Waals surface area contributed by atoms with Crippen molar-refractivity contribution in [1.29, 1.82) is 0 Å². The first kappa shape index (κ1) is 18.2. The lowest BCUT2D eigenvalue weighted by Gasteiger charge is -2.17. The molecule has 0 spiro atoms. The van der Waals surface area contributed by atoms with Crippen molar-refractivity contribution in [2.75, 3.05) is 11.5 Å². The molecule has 4 aromatic carbocycles. The van der Waals surface area contributed by atoms with Crippen LogP contribution in [0.1, 0.15) is 18.1 Å². The number of ether oxygens (including phenoxy) is 1. The Bertz CT molecular complexity index is 1270. The van der Waals surface area contributed by atoms with Gasteiger partial charge >= 0.3 is 0 Å². The highest BCUT2D eigenvalue weighted by Gasteiger charge is 2.33. The topological polar surface area (TPSA) is 29.5 Å². The maximum absolute atomic E-state index is 13.6. The molecule has 4 aromatic rings. The van der Waals surface area contributed by atoms with Crippen molar-refractivity contribution in [2.24, 2.45) is 0 Å². The van der Waals surface area contributed by atoms with Gasteiger partial charge in [0.15, 0.2) is 0 Å². The third kappa shape index (κ3) is 2.96. The maximum Gasteiger partial charge on any atom is 0.263 e. The molecule has 3 nitrogen and oxygen atoms in total. The molecule has 0 saturated carbocycles. The van der Waals surface area contributed by atoms with Gasteiger partial charge in [-0.05, 0) is 48.0 Å². The molecule has 0 aromatic heterocycles. The fourth-order valence-corrected chi connectivity index (χ4v) is 4.06. The highest BCUT2D eigenvalue weighted by Crippen LogP contribution is 2.43. The number of para-hydroxylation sites is 2. The zero-order valence-corrected chi connectivity index (χ0v) is 16.7. The van der Waals surface area contributed by atoms with E-state index in [-0.39, 0.29) is 5.91 Å². The molecule has 30 heavy (non-hydrogen) atoms. The molecule has 0 N–H and O–H groups in total. The molecule has 0 radical (unpaired) electrons. The van der Waals surface area contributed by atoms with Gasteiger partial charge in [0.25, 0.3) is 5.91 Å². The second-order valence-corrected chi connectivity index (χ2v) is 7.18. The van der Waals surface area contributed by atoms with E-state index in [2.05, 4.69) is 18.2 Å². The smallest absolute Gasteiger partial charge is 0.263 e. The number of hydrogen-bond acceptors (Lipinski definition) is 2. The first-order chi connectivity index (χ1) is 14.8. The van der Waals surface area contributed by atoms with Crippen LogP contribution in [0.25, 0.3) is 22.4 Å². The van der Waals surface area contributed by atoms with E-state index >= 15 is 0 Å². The Balaban J connectivity index is 1.73. The standard InChI is InChI=1S/C27H21NO2/c1-2-30-26-17-16-19-10-6-7-13-21(19)23(26)18-24-22-14-8-9-15-25(22)28(27(24)29)20-11-4-3-5-12-20/h3-18H,2H2,1H3/b24-18+. The number of hydrogen-bond donors (Lipinski definition) is 0. The molecule has 0 saturated heterocycles. The minimum Gasteiger partial charge on any atom is -0.493 e. The van der Waals surface area contributed by atoms with E-state index in [9.17, 15) is 4.79 Å². The van der Waals surface area contributed by atoms with Crippen LogP contribution in [0, 0.1) is 0 Å². The van der Waals surface area contributed by atoms with Gasteiger partial charge in [-0.1, -0.05) is 66.7 Å². The molecule has 0 aliphatic carbocycles. The minimum atomic E-state index is -0.0298. The van der Waals surface area contributed by atoms with Crippen molar-refractivity contribution in [3.8, 4) is 5.75 Å². The normalized spacial score (nSPS) is 14.4. The quantitative estimate of drug-likeness (QED) is 0.374. The number of nitrogens with zero attached hydrogens (tertiary/aromatic N) is 1. The molecular weight excluding hydrogens is 370 g/mol. The van der Waals surface area contributed by atoms with Crippen LogP contribution in [0.2, 0.25) is 0 Å². The first-order valence-corrected chi connectivity index (χ1v) is 10.1. The van der Waals surface area contributed by atoms with Crippen LogP contribution in [0.3, 0.4) is 0 Å². The lowest BCUT2D eigenvalue weighted by atomic mass is 9.98. The molecule has 0 bridgehead atoms. The highest BCUT2D eigenvalue weighted by molar-refractivity contribution is 6.38. The summed E-state index contributed by atoms with van der Waals surface area (Å²) >= 11 is 0. The minimum absolute atomic E-state index is 0.0298. The summed E-state index contributed by atoms with van der Waals surface area (Å²) in [6, 6.07) is 29.9. The van der Waals surface area contributed by atoms with Crippen LogP contribution < -0.4 is 9.64 Å². The van der Waals surface area contributed by atoms with E-state index in [0.717, 1.165) is 39.0 Å². The summed E-state index contributed by atoms with van der Waals surface area (Å²) in [7, 11) is 0. The third-order valence-corrected chi connectivity index (χ3v) is 5.40. The van der Waals surface area contributed by atoms with Gasteiger partial charge in [0.2, 0.25) is 0 Å². The third-order valence-electron chi connectivity index (χ3n) is 5.40. The number of anilines is 2. The van der Waals surface area contributed by atoms with Gasteiger partial charge in [-0.25, -0.2) is 0 Å². The van der Waals surface area contributed by atoms with E-state index in [0.29, 0.717) is 12.2 Å². The van der Waals surface area contributed by atoms with E-state index in [1.54, 1.807) is 4.90 Å². The van der Waals surface area contributed by atoms with Crippen LogP contribution in [0.5, 0.6) is 5.75 Å². The average molecular weight is 391 g/mol. The maximum atomic E-state index is 13.6. The second kappa shape index (κ2) is 7.53. The van der Waals surface area contributed by atoms with Crippen LogP contribution in [-0.2, 0) is 4.79 Å². The Kier molecular flexibility index (Phi) is 4.56. The van der Waals surface area contributed by atoms with E-state index in [1.807, 2.05) is 85.8 Å². The monoisotopic (exact) mass is 391 g/mol. The van der Waals surface area contributed by atoms with Gasteiger partial charge in [0, 0.05) is 16.8 Å². The summed E-state index contributed by atoms with van der Waals surface area (Å²) in [5, 5.41) is 2.19. The largest absolute Gasteiger partial charge is 0.493 e. The lowest BCUT2D eigenvalue weighted by molar-refractivity contribution is -0.112. The van der Waals surface area contributed by atoms with Crippen molar-refractivity contribution in [2.45, 2.75) is 6.92 Å². The summed E-state index contributed by atoms with van der Waals surface area (Å²) in [4.78, 5) is 15.4. The molecule has 5 rings (SSSR count). The van der Waals surface area contributed by atoms with Crippen LogP contribution in [0.4, 0.5) is 11.4 Å². The number of carbonyl (C=O) groups is 1. The SMILES string of the molecule is CCOc1ccc2ccccc2c1/C=C1/C(=O)N(c2ccccc2)c2ccccc21. The highest BCUT2D eigenvalue weighted by atomic mass is 16.5. The molecule has 1 aliphatic heterocycles. The van der Waals surface area contributed by atoms with Gasteiger partial charge in [-0.3, -0.25) is 9.69 Å². The van der Waals surface area contributed by atoms with Crippen molar-refractivity contribution < 1.29 is 9.53 Å². The molecule has 3 heteroatoms. The summed E-state index contributed by atoms with van der Waals surface area (Å²) in [5.74, 6) is 0.755. The van der Waals surface area contributed by atoms with Gasteiger partial charge in [-0.15, -0.1) is 0 Å². The Morgan fingerprint density at radius 2 is 1.57 bits per heavy atom. The predicted molar refractivity (Wildman–Crippen MR) is 123 cm³/mol. The molecule has 1 heterocycles. The molecule has 0 atom stereocenters. The first-order valence-electron chi connectivity index (χ1n) is 10.1. The van der Waals surface area contributed by atoms with Crippen LogP contribution >= 0.6 is 0 Å². The van der Waals surface area contributed by atoms with Gasteiger partial charge in [-0.2, -0.15) is 0 Å². The molecular formula is C27H21NO2. The van der Waals surface area contributed by atoms with Crippen molar-refractivity contribution >= 4 is 39.7 Å². The summed E-state index contributed by atoms with van der Waals surface area (Å²) in [6.07, 6.45) is 1.98. The van der Waals surface area contributed by atoms with Crippen LogP contribution in [0.15, 0.2) is 91.0 Å². The van der Waals surface area contributed by atoms with Crippen molar-refractivity contribution in [3.05, 3.63) is 102 Å². The zero-order valence-electron chi connectivity index (χ0n) is 16.7. The van der Waals surface area contributed by atoms with E-state index in [1.165, 1.54) is 0 Å². The molecule has 0 fully saturated rings. The van der Waals surface area contributed by atoms with Crippen LogP contribution in [-0.4, -0.2) is 12.5 Å². The summed E-state index contributed by atoms with van der Waals surface area (Å²) < 4.78 is 5.92. The molecule has 0 unspecified atom stereocenters. The van der Waals surface area contributed by atoms with Crippen molar-refractivity contribution in [3.63, 3.8) is 0 Å². The number of benzene rings is 4. The Labute approximate surface area is 175 Å². The zero-order chi connectivity index (χ0) is 20.5. The predicted octanol–water partition coefficient (Wildman–Crippen LogP) is 6.46. The van der Waals surface area contributed by atoms with Gasteiger partial charge in [0.1, 0.15) is 5.75 Å². The molecule has 1 aliphatic rings. The lowest BCUT2D eigenvalue weighted by Crippen LogP contribution is -2.20. The fourth-order valence-electron chi connectivity index (χ4n) is 4.06. The van der Waals surface area contributed by atoms with E-state index < -0.39 is 0 Å². The number of amides is 1. The number of rotatable bonds is 4. The Morgan fingerprint density at radius 1 is 0.833 bits per heavy atom. The van der Waals surface area contributed by atoms with E-state index in [4.69, 9.17) is 4.74 Å². The Hall–Kier alpha value is -3.85. The average Bonchev–Trinajstić information content (AvgIpc) is 3.07. The number of fused-ring (bicyclic) bond motifs is 2. The second-order valence-electron chi connectivity index (χ2n) is 7.18. The molecule has 1 amide bonds.